The van der Waals surface area contributed by atoms with Gasteiger partial charge in [0.05, 0.1) is 7.11 Å². The third-order valence-electron chi connectivity index (χ3n) is 3.17. The molecule has 1 atom stereocenters. The maximum atomic E-state index is 11.4. The van der Waals surface area contributed by atoms with E-state index in [0.29, 0.717) is 6.42 Å². The van der Waals surface area contributed by atoms with Gasteiger partial charge in [0.1, 0.15) is 11.5 Å². The lowest BCUT2D eigenvalue weighted by Gasteiger charge is -2.26. The zero-order valence-electron chi connectivity index (χ0n) is 12.0. The Morgan fingerprint density at radius 2 is 2.06 bits per heavy atom. The van der Waals surface area contributed by atoms with Crippen molar-refractivity contribution < 1.29 is 9.53 Å². The van der Waals surface area contributed by atoms with Gasteiger partial charge in [0, 0.05) is 18.0 Å². The van der Waals surface area contributed by atoms with Gasteiger partial charge in [0.25, 0.3) is 0 Å². The van der Waals surface area contributed by atoms with Crippen LogP contribution in [-0.4, -0.2) is 31.9 Å². The van der Waals surface area contributed by atoms with Crippen molar-refractivity contribution in [3.05, 3.63) is 29.3 Å². The van der Waals surface area contributed by atoms with Crippen molar-refractivity contribution in [2.75, 3.05) is 21.2 Å². The summed E-state index contributed by atoms with van der Waals surface area (Å²) in [7, 11) is 5.66. The summed E-state index contributed by atoms with van der Waals surface area (Å²) in [6.07, 6.45) is 1.49. The number of aryl methyl sites for hydroxylation is 1. The predicted molar refractivity (Wildman–Crippen MR) is 74.1 cm³/mol. The van der Waals surface area contributed by atoms with Crippen molar-refractivity contribution in [3.63, 3.8) is 0 Å². The van der Waals surface area contributed by atoms with Crippen LogP contribution in [0.3, 0.4) is 0 Å². The molecule has 0 amide bonds. The number of ether oxygens (including phenoxy) is 1. The smallest absolute Gasteiger partial charge is 0.131 e. The fourth-order valence-corrected chi connectivity index (χ4v) is 2.11. The zero-order chi connectivity index (χ0) is 13.7. The molecule has 0 saturated heterocycles. The summed E-state index contributed by atoms with van der Waals surface area (Å²) in [6.45, 7) is 3.76. The van der Waals surface area contributed by atoms with Gasteiger partial charge in [-0.15, -0.1) is 0 Å². The minimum atomic E-state index is 0.0731. The molecule has 0 aromatic heterocycles. The lowest BCUT2D eigenvalue weighted by atomic mass is 9.97. The van der Waals surface area contributed by atoms with E-state index in [-0.39, 0.29) is 11.8 Å². The predicted octanol–water partition coefficient (Wildman–Crippen LogP) is 2.84. The van der Waals surface area contributed by atoms with Gasteiger partial charge in [0.15, 0.2) is 0 Å². The number of hydrogen-bond donors (Lipinski definition) is 0. The van der Waals surface area contributed by atoms with Gasteiger partial charge in [-0.3, -0.25) is 4.79 Å². The van der Waals surface area contributed by atoms with Gasteiger partial charge < -0.3 is 9.64 Å². The van der Waals surface area contributed by atoms with Gasteiger partial charge in [-0.2, -0.15) is 0 Å². The molecule has 18 heavy (non-hydrogen) atoms. The van der Waals surface area contributed by atoms with Crippen LogP contribution < -0.4 is 4.74 Å². The van der Waals surface area contributed by atoms with E-state index in [1.54, 1.807) is 14.0 Å². The van der Waals surface area contributed by atoms with Gasteiger partial charge in [-0.1, -0.05) is 19.1 Å². The summed E-state index contributed by atoms with van der Waals surface area (Å²) in [5, 5.41) is 0. The summed E-state index contributed by atoms with van der Waals surface area (Å²) in [5.41, 5.74) is 2.36. The molecular formula is C15H23NO2. The number of nitrogens with zero attached hydrogens (tertiary/aromatic N) is 1. The molecule has 0 fully saturated rings. The van der Waals surface area contributed by atoms with Crippen molar-refractivity contribution in [2.45, 2.75) is 32.7 Å². The quantitative estimate of drug-likeness (QED) is 0.776. The van der Waals surface area contributed by atoms with Crippen LogP contribution in [0.4, 0.5) is 0 Å². The molecule has 0 N–H and O–H groups in total. The Kier molecular flexibility index (Phi) is 5.35. The first-order valence-electron chi connectivity index (χ1n) is 6.32. The third-order valence-corrected chi connectivity index (χ3v) is 3.17. The molecule has 0 spiro atoms. The van der Waals surface area contributed by atoms with Crippen LogP contribution in [0, 0.1) is 0 Å². The molecule has 0 bridgehead atoms. The molecule has 0 aliphatic heterocycles. The standard InChI is InChI=1S/C15H23NO2/c1-6-12-7-8-15(18-5)13(10-12)14(16(3)4)9-11(2)17/h7-8,10,14H,6,9H2,1-5H3. The van der Waals surface area contributed by atoms with Crippen LogP contribution in [-0.2, 0) is 11.2 Å². The molecule has 0 aliphatic rings. The summed E-state index contributed by atoms with van der Waals surface area (Å²) < 4.78 is 5.42. The Labute approximate surface area is 110 Å². The Morgan fingerprint density at radius 3 is 2.50 bits per heavy atom. The molecule has 0 saturated carbocycles. The van der Waals surface area contributed by atoms with E-state index in [4.69, 9.17) is 4.74 Å². The van der Waals surface area contributed by atoms with Crippen LogP contribution in [0.2, 0.25) is 0 Å². The number of methoxy groups -OCH3 is 1. The average molecular weight is 249 g/mol. The third kappa shape index (κ3) is 3.57. The van der Waals surface area contributed by atoms with E-state index in [0.717, 1.165) is 17.7 Å². The molecule has 0 aliphatic carbocycles. The van der Waals surface area contributed by atoms with E-state index in [1.165, 1.54) is 5.56 Å². The Bertz CT molecular complexity index is 413. The highest BCUT2D eigenvalue weighted by Crippen LogP contribution is 2.31. The lowest BCUT2D eigenvalue weighted by Crippen LogP contribution is -2.22. The molecule has 3 nitrogen and oxygen atoms in total. The molecule has 1 unspecified atom stereocenters. The Morgan fingerprint density at radius 1 is 1.39 bits per heavy atom. The maximum absolute atomic E-state index is 11.4. The molecule has 1 aromatic rings. The van der Waals surface area contributed by atoms with E-state index >= 15 is 0 Å². The second-order valence-electron chi connectivity index (χ2n) is 4.82. The van der Waals surface area contributed by atoms with Gasteiger partial charge in [0.2, 0.25) is 0 Å². The van der Waals surface area contributed by atoms with Crippen molar-refractivity contribution in [1.82, 2.24) is 4.90 Å². The average Bonchev–Trinajstić information content (AvgIpc) is 2.34. The Balaban J connectivity index is 3.19. The maximum Gasteiger partial charge on any atom is 0.131 e. The van der Waals surface area contributed by atoms with E-state index in [2.05, 4.69) is 24.0 Å². The van der Waals surface area contributed by atoms with Crippen molar-refractivity contribution in [3.8, 4) is 5.75 Å². The highest BCUT2D eigenvalue weighted by Gasteiger charge is 2.20. The fraction of sp³-hybridized carbons (Fsp3) is 0.533. The van der Waals surface area contributed by atoms with Gasteiger partial charge >= 0.3 is 0 Å². The summed E-state index contributed by atoms with van der Waals surface area (Å²) in [5.74, 6) is 1.05. The first kappa shape index (κ1) is 14.7. The van der Waals surface area contributed by atoms with Gasteiger partial charge in [-0.05, 0) is 39.1 Å². The number of hydrogen-bond acceptors (Lipinski definition) is 3. The van der Waals surface area contributed by atoms with Crippen LogP contribution >= 0.6 is 0 Å². The number of benzene rings is 1. The minimum absolute atomic E-state index is 0.0731. The van der Waals surface area contributed by atoms with Crippen LogP contribution in [0.15, 0.2) is 18.2 Å². The number of carbonyl (C=O) groups is 1. The lowest BCUT2D eigenvalue weighted by molar-refractivity contribution is -0.118. The molecular weight excluding hydrogens is 226 g/mol. The SMILES string of the molecule is CCc1ccc(OC)c(C(CC(C)=O)N(C)C)c1. The fourth-order valence-electron chi connectivity index (χ4n) is 2.11. The largest absolute Gasteiger partial charge is 0.496 e. The highest BCUT2D eigenvalue weighted by atomic mass is 16.5. The van der Waals surface area contributed by atoms with Gasteiger partial charge in [-0.25, -0.2) is 0 Å². The van der Waals surface area contributed by atoms with E-state index < -0.39 is 0 Å². The van der Waals surface area contributed by atoms with Crippen molar-refractivity contribution in [2.24, 2.45) is 0 Å². The highest BCUT2D eigenvalue weighted by molar-refractivity contribution is 5.76. The number of ketones is 1. The topological polar surface area (TPSA) is 29.5 Å². The van der Waals surface area contributed by atoms with Crippen molar-refractivity contribution >= 4 is 5.78 Å². The molecule has 1 rings (SSSR count). The van der Waals surface area contributed by atoms with E-state index in [9.17, 15) is 4.79 Å². The minimum Gasteiger partial charge on any atom is -0.496 e. The second kappa shape index (κ2) is 6.55. The normalized spacial score (nSPS) is 12.6. The molecule has 0 radical (unpaired) electrons. The van der Waals surface area contributed by atoms with Crippen LogP contribution in [0.1, 0.15) is 37.4 Å². The molecule has 1 aromatic carbocycles. The molecule has 100 valence electrons. The summed E-state index contributed by atoms with van der Waals surface area (Å²) >= 11 is 0. The van der Waals surface area contributed by atoms with Crippen molar-refractivity contribution in [1.29, 1.82) is 0 Å². The summed E-state index contributed by atoms with van der Waals surface area (Å²) in [6, 6.07) is 6.28. The number of rotatable bonds is 6. The number of carbonyl (C=O) groups excluding carboxylic acids is 1. The summed E-state index contributed by atoms with van der Waals surface area (Å²) in [4.78, 5) is 13.5. The Hall–Kier alpha value is -1.35. The molecule has 3 heteroatoms. The van der Waals surface area contributed by atoms with Crippen LogP contribution in [0.5, 0.6) is 5.75 Å². The van der Waals surface area contributed by atoms with E-state index in [1.807, 2.05) is 20.2 Å². The zero-order valence-corrected chi connectivity index (χ0v) is 12.0. The monoisotopic (exact) mass is 249 g/mol. The second-order valence-corrected chi connectivity index (χ2v) is 4.82. The first-order chi connectivity index (χ1) is 8.49. The molecule has 0 heterocycles. The van der Waals surface area contributed by atoms with Crippen LogP contribution in [0.25, 0.3) is 0 Å². The first-order valence-corrected chi connectivity index (χ1v) is 6.32. The number of Topliss-reactive ketones (excluding diaryl/α,β-unsaturated/α-hetero) is 1.